The number of hydrogen-bond donors (Lipinski definition) is 4. The average Bonchev–Trinajstić information content (AvgIpc) is 3.55. The third-order valence-electron chi connectivity index (χ3n) is 9.71. The lowest BCUT2D eigenvalue weighted by Crippen LogP contribution is -2.48. The van der Waals surface area contributed by atoms with E-state index in [2.05, 4.69) is 25.8 Å². The Hall–Kier alpha value is -5.05. The Bertz CT molecular complexity index is 1970. The number of nitrogens with one attached hydrogen (secondary N) is 4. The summed E-state index contributed by atoms with van der Waals surface area (Å²) in [7, 11) is -4.15. The van der Waals surface area contributed by atoms with Gasteiger partial charge in [0.1, 0.15) is 12.2 Å². The van der Waals surface area contributed by atoms with Crippen molar-refractivity contribution in [2.75, 3.05) is 10.0 Å². The highest BCUT2D eigenvalue weighted by Gasteiger charge is 2.31. The minimum absolute atomic E-state index is 0.0248. The van der Waals surface area contributed by atoms with Crippen LogP contribution in [0.2, 0.25) is 0 Å². The molecule has 4 atom stereocenters. The van der Waals surface area contributed by atoms with E-state index in [9.17, 15) is 22.8 Å². The number of ether oxygens (including phenoxy) is 2. The van der Waals surface area contributed by atoms with Gasteiger partial charge in [0.2, 0.25) is 11.8 Å². The van der Waals surface area contributed by atoms with Gasteiger partial charge in [-0.1, -0.05) is 86.3 Å². The van der Waals surface area contributed by atoms with Crippen molar-refractivity contribution in [2.45, 2.75) is 107 Å². The summed E-state index contributed by atoms with van der Waals surface area (Å²) in [4.78, 5) is 38.9. The third-order valence-corrected chi connectivity index (χ3v) is 11.1. The smallest absolute Gasteiger partial charge is 0.269 e. The van der Waals surface area contributed by atoms with Crippen molar-refractivity contribution in [3.63, 3.8) is 0 Å². The normalized spacial score (nSPS) is 20.1. The summed E-state index contributed by atoms with van der Waals surface area (Å²) in [5.74, 6) is -1.29. The lowest BCUT2D eigenvalue weighted by atomic mass is 9.92. The number of anilines is 2. The monoisotopic (exact) mass is 756 g/mol. The van der Waals surface area contributed by atoms with Gasteiger partial charge in [-0.05, 0) is 61.1 Å². The molecule has 54 heavy (non-hydrogen) atoms. The Labute approximate surface area is 316 Å². The van der Waals surface area contributed by atoms with Crippen molar-refractivity contribution in [1.29, 1.82) is 0 Å². The maximum atomic E-state index is 14.0. The molecule has 1 aromatic heterocycles. The van der Waals surface area contributed by atoms with Crippen LogP contribution in [0.4, 0.5) is 11.5 Å². The fraction of sp³-hybridized carbons (Fsp3) is 0.400. The molecule has 14 heteroatoms. The molecular weight excluding hydrogens is 709 g/mol. The van der Waals surface area contributed by atoms with Gasteiger partial charge >= 0.3 is 0 Å². The number of carbonyl (C=O) groups is 3. The zero-order valence-electron chi connectivity index (χ0n) is 30.4. The van der Waals surface area contributed by atoms with Crippen molar-refractivity contribution < 1.29 is 32.3 Å². The highest BCUT2D eigenvalue weighted by atomic mass is 32.2. The van der Waals surface area contributed by atoms with E-state index >= 15 is 0 Å². The molecule has 0 saturated heterocycles. The predicted octanol–water partition coefficient (Wildman–Crippen LogP) is 5.54. The highest BCUT2D eigenvalue weighted by molar-refractivity contribution is 7.92. The number of rotatable bonds is 15. The molecule has 2 aliphatic rings. The summed E-state index contributed by atoms with van der Waals surface area (Å²) in [5, 5.41) is 13.2. The minimum atomic E-state index is -4.15. The fourth-order valence-corrected chi connectivity index (χ4v) is 7.98. The van der Waals surface area contributed by atoms with Gasteiger partial charge in [-0.15, -0.1) is 0 Å². The molecule has 0 spiro atoms. The van der Waals surface area contributed by atoms with Crippen LogP contribution in [0.3, 0.4) is 0 Å². The van der Waals surface area contributed by atoms with Gasteiger partial charge in [0.05, 0.1) is 42.4 Å². The second-order valence-corrected chi connectivity index (χ2v) is 15.6. The second kappa shape index (κ2) is 18.3. The standard InChI is InChI=1S/C40H48N6O7S/c1-28(47)41-31-20-22-32(23-21-31)54(50,51)45-38-24-35(40(49)43-34-17-9-11-19-37(34)53-27-30-14-6-3-7-15-30)46(44-38)25-39(48)42-33-16-8-10-18-36(33)52-26-29-12-4-2-5-13-29/h2-7,12-15,20-24,33-34,36-37H,8-11,16-19,25-27H2,1H3,(H,41,47)(H,42,48)(H,43,49)(H,44,45)/t33-,34-,36-,37-/m0/s1. The zero-order valence-corrected chi connectivity index (χ0v) is 31.2. The number of hydrogen-bond acceptors (Lipinski definition) is 8. The molecule has 4 N–H and O–H groups in total. The van der Waals surface area contributed by atoms with Crippen molar-refractivity contribution in [3.05, 3.63) is 108 Å². The maximum Gasteiger partial charge on any atom is 0.269 e. The molecule has 3 aromatic carbocycles. The first kappa shape index (κ1) is 38.7. The van der Waals surface area contributed by atoms with Crippen LogP contribution in [-0.2, 0) is 48.8 Å². The van der Waals surface area contributed by atoms with Crippen LogP contribution < -0.4 is 20.7 Å². The summed E-state index contributed by atoms with van der Waals surface area (Å²) < 4.78 is 43.0. The Morgan fingerprint density at radius 2 is 1.28 bits per heavy atom. The van der Waals surface area contributed by atoms with E-state index in [0.29, 0.717) is 25.3 Å². The van der Waals surface area contributed by atoms with Crippen LogP contribution >= 0.6 is 0 Å². The summed E-state index contributed by atoms with van der Waals surface area (Å²) in [6.45, 7) is 1.87. The van der Waals surface area contributed by atoms with Gasteiger partial charge in [-0.25, -0.2) is 13.1 Å². The molecule has 286 valence electrons. The first-order valence-electron chi connectivity index (χ1n) is 18.5. The number of benzene rings is 3. The van der Waals surface area contributed by atoms with Crippen LogP contribution in [0.5, 0.6) is 0 Å². The summed E-state index contributed by atoms with van der Waals surface area (Å²) in [6.07, 6.45) is 6.46. The van der Waals surface area contributed by atoms with E-state index in [4.69, 9.17) is 9.47 Å². The number of carbonyl (C=O) groups excluding carboxylic acids is 3. The van der Waals surface area contributed by atoms with E-state index in [0.717, 1.165) is 56.1 Å². The quantitative estimate of drug-likeness (QED) is 0.123. The van der Waals surface area contributed by atoms with Crippen molar-refractivity contribution in [2.24, 2.45) is 0 Å². The van der Waals surface area contributed by atoms with Gasteiger partial charge in [0.15, 0.2) is 5.82 Å². The lowest BCUT2D eigenvalue weighted by Gasteiger charge is -2.32. The first-order chi connectivity index (χ1) is 26.1. The SMILES string of the molecule is CC(=O)Nc1ccc(S(=O)(=O)Nc2cc(C(=O)N[C@H]3CCCC[C@@H]3OCc3ccccc3)n(CC(=O)N[C@H]3CCCC[C@@H]3OCc3ccccc3)n2)cc1. The molecule has 0 bridgehead atoms. The van der Waals surface area contributed by atoms with Gasteiger partial charge in [0, 0.05) is 18.7 Å². The zero-order chi connectivity index (χ0) is 37.9. The summed E-state index contributed by atoms with van der Waals surface area (Å²) >= 11 is 0. The van der Waals surface area contributed by atoms with Crippen molar-refractivity contribution >= 4 is 39.3 Å². The molecule has 2 fully saturated rings. The topological polar surface area (TPSA) is 170 Å². The van der Waals surface area contributed by atoms with Gasteiger partial charge < -0.3 is 25.4 Å². The third kappa shape index (κ3) is 10.8. The Balaban J connectivity index is 1.18. The molecule has 3 amide bonds. The summed E-state index contributed by atoms with van der Waals surface area (Å²) in [6, 6.07) is 26.2. The lowest BCUT2D eigenvalue weighted by molar-refractivity contribution is -0.124. The van der Waals surface area contributed by atoms with Crippen LogP contribution in [0.1, 0.15) is 79.9 Å². The van der Waals surface area contributed by atoms with Crippen LogP contribution in [-0.4, -0.2) is 60.2 Å². The van der Waals surface area contributed by atoms with E-state index in [-0.39, 0.29) is 59.1 Å². The average molecular weight is 757 g/mol. The molecule has 13 nitrogen and oxygen atoms in total. The van der Waals surface area contributed by atoms with Crippen LogP contribution in [0.15, 0.2) is 95.9 Å². The molecule has 6 rings (SSSR count). The molecule has 2 saturated carbocycles. The second-order valence-electron chi connectivity index (χ2n) is 13.9. The predicted molar refractivity (Wildman–Crippen MR) is 204 cm³/mol. The molecule has 4 aromatic rings. The molecule has 1 heterocycles. The van der Waals surface area contributed by atoms with Gasteiger partial charge in [0.25, 0.3) is 15.9 Å². The van der Waals surface area contributed by atoms with Crippen molar-refractivity contribution in [1.82, 2.24) is 20.4 Å². The Morgan fingerprint density at radius 1 is 0.741 bits per heavy atom. The van der Waals surface area contributed by atoms with Crippen LogP contribution in [0.25, 0.3) is 0 Å². The van der Waals surface area contributed by atoms with Gasteiger partial charge in [-0.2, -0.15) is 5.10 Å². The molecule has 0 radical (unpaired) electrons. The number of sulfonamides is 1. The molecule has 0 aliphatic heterocycles. The number of aromatic nitrogens is 2. The fourth-order valence-electron chi connectivity index (χ4n) is 7.00. The minimum Gasteiger partial charge on any atom is -0.371 e. The van der Waals surface area contributed by atoms with Crippen LogP contribution in [0, 0.1) is 0 Å². The summed E-state index contributed by atoms with van der Waals surface area (Å²) in [5.41, 5.74) is 2.54. The van der Waals surface area contributed by atoms with Gasteiger partial charge in [-0.3, -0.25) is 19.1 Å². The van der Waals surface area contributed by atoms with E-state index < -0.39 is 15.9 Å². The number of nitrogens with zero attached hydrogens (tertiary/aromatic N) is 2. The molecule has 0 unspecified atom stereocenters. The Kier molecular flexibility index (Phi) is 13.1. The van der Waals surface area contributed by atoms with E-state index in [1.165, 1.54) is 41.9 Å². The Morgan fingerprint density at radius 3 is 1.83 bits per heavy atom. The number of amides is 3. The largest absolute Gasteiger partial charge is 0.371 e. The molecular formula is C40H48N6O7S. The maximum absolute atomic E-state index is 14.0. The molecule has 2 aliphatic carbocycles. The van der Waals surface area contributed by atoms with E-state index in [1.54, 1.807) is 0 Å². The highest BCUT2D eigenvalue weighted by Crippen LogP contribution is 2.25. The first-order valence-corrected chi connectivity index (χ1v) is 20.0. The van der Waals surface area contributed by atoms with Crippen molar-refractivity contribution in [3.8, 4) is 0 Å². The van der Waals surface area contributed by atoms with E-state index in [1.807, 2.05) is 60.7 Å².